The molecule has 1 aliphatic rings. The molecule has 0 amide bonds. The third-order valence-electron chi connectivity index (χ3n) is 3.53. The summed E-state index contributed by atoms with van der Waals surface area (Å²) in [7, 11) is 1.44. The first-order valence-electron chi connectivity index (χ1n) is 6.45. The van der Waals surface area contributed by atoms with Crippen molar-refractivity contribution in [2.75, 3.05) is 25.1 Å². The lowest BCUT2D eigenvalue weighted by molar-refractivity contribution is -0.145. The van der Waals surface area contributed by atoms with Gasteiger partial charge in [0.2, 0.25) is 0 Å². The van der Waals surface area contributed by atoms with Crippen molar-refractivity contribution in [2.24, 2.45) is 11.7 Å². The number of benzene rings is 1. The predicted octanol–water partition coefficient (Wildman–Crippen LogP) is 2.47. The molecule has 1 atom stereocenters. The number of nitrogens with zero attached hydrogens (tertiary/aromatic N) is 1. The van der Waals surface area contributed by atoms with Crippen molar-refractivity contribution in [1.29, 1.82) is 0 Å². The second-order valence-corrected chi connectivity index (χ2v) is 6.13. The molecule has 20 heavy (non-hydrogen) atoms. The lowest BCUT2D eigenvalue weighted by Crippen LogP contribution is -2.39. The van der Waals surface area contributed by atoms with E-state index >= 15 is 0 Å². The highest BCUT2D eigenvalue weighted by atomic mass is 79.9. The van der Waals surface area contributed by atoms with Crippen LogP contribution in [0.1, 0.15) is 18.4 Å². The van der Waals surface area contributed by atoms with Gasteiger partial charge in [-0.25, -0.2) is 0 Å². The molecule has 4 nitrogen and oxygen atoms in total. The molecular weight excluding hydrogens is 340 g/mol. The van der Waals surface area contributed by atoms with Crippen LogP contribution in [-0.2, 0) is 9.53 Å². The van der Waals surface area contributed by atoms with Crippen LogP contribution in [0.5, 0.6) is 0 Å². The minimum atomic E-state index is -0.134. The Morgan fingerprint density at radius 3 is 2.90 bits per heavy atom. The Morgan fingerprint density at radius 2 is 2.30 bits per heavy atom. The second-order valence-electron chi connectivity index (χ2n) is 4.84. The van der Waals surface area contributed by atoms with Gasteiger partial charge in [0, 0.05) is 23.1 Å². The standard InChI is InChI=1S/C14H17BrN2O2S/c1-19-14(18)10-3-2-6-17(8-10)12-5-4-9(13(16)20)7-11(12)15/h4-5,7,10H,2-3,6,8H2,1H3,(H2,16,20). The third kappa shape index (κ3) is 3.30. The van der Waals surface area contributed by atoms with Gasteiger partial charge in [0.15, 0.2) is 0 Å². The molecule has 2 N–H and O–H groups in total. The monoisotopic (exact) mass is 356 g/mol. The van der Waals surface area contributed by atoms with Crippen LogP contribution in [0.4, 0.5) is 5.69 Å². The van der Waals surface area contributed by atoms with E-state index in [2.05, 4.69) is 20.8 Å². The maximum Gasteiger partial charge on any atom is 0.310 e. The zero-order valence-electron chi connectivity index (χ0n) is 11.3. The van der Waals surface area contributed by atoms with Crippen molar-refractivity contribution in [3.8, 4) is 0 Å². The van der Waals surface area contributed by atoms with Gasteiger partial charge in [-0.1, -0.05) is 12.2 Å². The fraction of sp³-hybridized carbons (Fsp3) is 0.429. The maximum absolute atomic E-state index is 11.7. The average molecular weight is 357 g/mol. The van der Waals surface area contributed by atoms with Gasteiger partial charge < -0.3 is 15.4 Å². The molecule has 1 saturated heterocycles. The number of carbonyl (C=O) groups is 1. The van der Waals surface area contributed by atoms with Crippen molar-refractivity contribution in [3.63, 3.8) is 0 Å². The van der Waals surface area contributed by atoms with Crippen LogP contribution in [-0.4, -0.2) is 31.2 Å². The molecule has 1 heterocycles. The van der Waals surface area contributed by atoms with Crippen LogP contribution in [0.2, 0.25) is 0 Å². The molecule has 1 aromatic carbocycles. The summed E-state index contributed by atoms with van der Waals surface area (Å²) in [5.74, 6) is -0.193. The van der Waals surface area contributed by atoms with Crippen LogP contribution < -0.4 is 10.6 Å². The number of ether oxygens (including phenoxy) is 1. The van der Waals surface area contributed by atoms with E-state index in [9.17, 15) is 4.79 Å². The molecule has 0 radical (unpaired) electrons. The Balaban J connectivity index is 2.19. The van der Waals surface area contributed by atoms with Gasteiger partial charge in [-0.2, -0.15) is 0 Å². The Bertz CT molecular complexity index is 536. The summed E-state index contributed by atoms with van der Waals surface area (Å²) in [6.07, 6.45) is 1.86. The van der Waals surface area contributed by atoms with Gasteiger partial charge in [-0.3, -0.25) is 4.79 Å². The minimum Gasteiger partial charge on any atom is -0.469 e. The number of nitrogens with two attached hydrogens (primary N) is 1. The van der Waals surface area contributed by atoms with E-state index in [0.29, 0.717) is 11.5 Å². The van der Waals surface area contributed by atoms with E-state index < -0.39 is 0 Å². The van der Waals surface area contributed by atoms with Crippen molar-refractivity contribution in [1.82, 2.24) is 0 Å². The van der Waals surface area contributed by atoms with Gasteiger partial charge >= 0.3 is 5.97 Å². The lowest BCUT2D eigenvalue weighted by atomic mass is 9.97. The van der Waals surface area contributed by atoms with Gasteiger partial charge in [0.1, 0.15) is 4.99 Å². The highest BCUT2D eigenvalue weighted by Crippen LogP contribution is 2.31. The smallest absolute Gasteiger partial charge is 0.310 e. The number of rotatable bonds is 3. The molecule has 0 aliphatic carbocycles. The molecule has 0 bridgehead atoms. The molecule has 0 saturated carbocycles. The first-order valence-corrected chi connectivity index (χ1v) is 7.65. The molecule has 0 spiro atoms. The largest absolute Gasteiger partial charge is 0.469 e. The lowest BCUT2D eigenvalue weighted by Gasteiger charge is -2.33. The van der Waals surface area contributed by atoms with Gasteiger partial charge in [0.25, 0.3) is 0 Å². The summed E-state index contributed by atoms with van der Waals surface area (Å²) < 4.78 is 5.78. The summed E-state index contributed by atoms with van der Waals surface area (Å²) in [4.78, 5) is 14.2. The fourth-order valence-electron chi connectivity index (χ4n) is 2.47. The van der Waals surface area contributed by atoms with Crippen molar-refractivity contribution >= 4 is 44.8 Å². The molecule has 2 rings (SSSR count). The van der Waals surface area contributed by atoms with Crippen molar-refractivity contribution in [2.45, 2.75) is 12.8 Å². The van der Waals surface area contributed by atoms with Gasteiger partial charge in [-0.15, -0.1) is 0 Å². The number of hydrogen-bond donors (Lipinski definition) is 1. The molecule has 108 valence electrons. The molecule has 1 unspecified atom stereocenters. The Labute approximate surface area is 132 Å². The van der Waals surface area contributed by atoms with Crippen LogP contribution in [0, 0.1) is 5.92 Å². The molecular formula is C14H17BrN2O2S. The molecule has 1 fully saturated rings. The predicted molar refractivity (Wildman–Crippen MR) is 87.0 cm³/mol. The van der Waals surface area contributed by atoms with Crippen molar-refractivity contribution in [3.05, 3.63) is 28.2 Å². The van der Waals surface area contributed by atoms with E-state index in [0.717, 1.165) is 35.1 Å². The SMILES string of the molecule is COC(=O)C1CCCN(c2ccc(C(N)=S)cc2Br)C1. The van der Waals surface area contributed by atoms with Gasteiger partial charge in [0.05, 0.1) is 18.7 Å². The third-order valence-corrected chi connectivity index (χ3v) is 4.40. The minimum absolute atomic E-state index is 0.0593. The van der Waals surface area contributed by atoms with E-state index in [1.807, 2.05) is 18.2 Å². The number of hydrogen-bond acceptors (Lipinski definition) is 4. The fourth-order valence-corrected chi connectivity index (χ4v) is 3.23. The molecule has 1 aromatic rings. The Hall–Kier alpha value is -1.14. The first-order chi connectivity index (χ1) is 9.52. The number of carbonyl (C=O) groups excluding carboxylic acids is 1. The Morgan fingerprint density at radius 1 is 1.55 bits per heavy atom. The zero-order valence-corrected chi connectivity index (χ0v) is 13.7. The van der Waals surface area contributed by atoms with E-state index in [4.69, 9.17) is 22.7 Å². The number of anilines is 1. The van der Waals surface area contributed by atoms with Gasteiger partial charge in [-0.05, 0) is 47.0 Å². The second kappa shape index (κ2) is 6.54. The molecule has 0 aromatic heterocycles. The summed E-state index contributed by atoms with van der Waals surface area (Å²) in [6.45, 7) is 1.61. The first kappa shape index (κ1) is 15.3. The van der Waals surface area contributed by atoms with Crippen LogP contribution in [0.25, 0.3) is 0 Å². The van der Waals surface area contributed by atoms with Crippen molar-refractivity contribution < 1.29 is 9.53 Å². The summed E-state index contributed by atoms with van der Waals surface area (Å²) in [5, 5.41) is 0. The maximum atomic E-state index is 11.7. The molecule has 1 aliphatic heterocycles. The number of piperidine rings is 1. The van der Waals surface area contributed by atoms with E-state index in [1.165, 1.54) is 7.11 Å². The van der Waals surface area contributed by atoms with E-state index in [1.54, 1.807) is 0 Å². The topological polar surface area (TPSA) is 55.6 Å². The van der Waals surface area contributed by atoms with Crippen LogP contribution >= 0.6 is 28.1 Å². The highest BCUT2D eigenvalue weighted by molar-refractivity contribution is 9.10. The normalized spacial score (nSPS) is 18.7. The zero-order chi connectivity index (χ0) is 14.7. The highest BCUT2D eigenvalue weighted by Gasteiger charge is 2.27. The number of esters is 1. The number of methoxy groups -OCH3 is 1. The summed E-state index contributed by atoms with van der Waals surface area (Å²) >= 11 is 8.52. The van der Waals surface area contributed by atoms with Crippen LogP contribution in [0.3, 0.4) is 0 Å². The average Bonchev–Trinajstić information content (AvgIpc) is 2.46. The summed E-state index contributed by atoms with van der Waals surface area (Å²) in [6, 6.07) is 5.81. The Kier molecular flexibility index (Phi) is 4.99. The number of halogens is 1. The quantitative estimate of drug-likeness (QED) is 0.665. The van der Waals surface area contributed by atoms with E-state index in [-0.39, 0.29) is 11.9 Å². The summed E-state index contributed by atoms with van der Waals surface area (Å²) in [5.41, 5.74) is 7.51. The molecule has 6 heteroatoms. The number of thiocarbonyl (C=S) groups is 1. The van der Waals surface area contributed by atoms with Crippen LogP contribution in [0.15, 0.2) is 22.7 Å².